The van der Waals surface area contributed by atoms with Crippen LogP contribution >= 0.6 is 11.6 Å². The van der Waals surface area contributed by atoms with Gasteiger partial charge in [0, 0.05) is 39.3 Å². The van der Waals surface area contributed by atoms with Crippen molar-refractivity contribution in [1.82, 2.24) is 5.32 Å². The van der Waals surface area contributed by atoms with Crippen LogP contribution in [-0.2, 0) is 9.47 Å². The summed E-state index contributed by atoms with van der Waals surface area (Å²) < 4.78 is 10.4. The van der Waals surface area contributed by atoms with Crippen molar-refractivity contribution in [3.63, 3.8) is 0 Å². The molecule has 104 valence electrons. The summed E-state index contributed by atoms with van der Waals surface area (Å²) in [7, 11) is 1.71. The zero-order valence-electron chi connectivity index (χ0n) is 11.6. The zero-order valence-corrected chi connectivity index (χ0v) is 12.3. The molecule has 0 aliphatic rings. The first-order chi connectivity index (χ1) is 8.24. The summed E-state index contributed by atoms with van der Waals surface area (Å²) in [6.07, 6.45) is 3.20. The molecule has 0 heterocycles. The van der Waals surface area contributed by atoms with Crippen molar-refractivity contribution in [2.75, 3.05) is 45.9 Å². The van der Waals surface area contributed by atoms with E-state index in [1.54, 1.807) is 7.11 Å². The number of rotatable bonds is 12. The van der Waals surface area contributed by atoms with Gasteiger partial charge in [0.05, 0.1) is 6.61 Å². The fraction of sp³-hybridized carbons (Fsp3) is 1.00. The smallest absolute Gasteiger partial charge is 0.0590 e. The van der Waals surface area contributed by atoms with Crippen molar-refractivity contribution in [3.05, 3.63) is 0 Å². The Morgan fingerprint density at radius 2 is 1.82 bits per heavy atom. The Labute approximate surface area is 111 Å². The Hall–Kier alpha value is 0.170. The monoisotopic (exact) mass is 265 g/mol. The van der Waals surface area contributed by atoms with Gasteiger partial charge in [-0.3, -0.25) is 0 Å². The minimum Gasteiger partial charge on any atom is -0.385 e. The van der Waals surface area contributed by atoms with E-state index in [0.717, 1.165) is 58.1 Å². The van der Waals surface area contributed by atoms with Crippen LogP contribution in [0.1, 0.15) is 33.1 Å². The van der Waals surface area contributed by atoms with Gasteiger partial charge in [0.15, 0.2) is 0 Å². The molecule has 0 aliphatic carbocycles. The van der Waals surface area contributed by atoms with E-state index >= 15 is 0 Å². The van der Waals surface area contributed by atoms with Crippen LogP contribution in [0, 0.1) is 5.41 Å². The molecule has 1 N–H and O–H groups in total. The molecule has 0 bridgehead atoms. The fourth-order valence-electron chi connectivity index (χ4n) is 1.64. The van der Waals surface area contributed by atoms with Crippen molar-refractivity contribution in [1.29, 1.82) is 0 Å². The van der Waals surface area contributed by atoms with E-state index in [4.69, 9.17) is 21.1 Å². The highest BCUT2D eigenvalue weighted by Gasteiger charge is 2.24. The fourth-order valence-corrected chi connectivity index (χ4v) is 2.11. The average molecular weight is 266 g/mol. The normalized spacial score (nSPS) is 12.0. The molecule has 0 rings (SSSR count). The van der Waals surface area contributed by atoms with E-state index in [-0.39, 0.29) is 5.41 Å². The first-order valence-electron chi connectivity index (χ1n) is 6.58. The topological polar surface area (TPSA) is 30.5 Å². The first-order valence-corrected chi connectivity index (χ1v) is 7.11. The van der Waals surface area contributed by atoms with E-state index in [1.807, 2.05) is 0 Å². The molecule has 0 aromatic carbocycles. The number of halogens is 1. The number of alkyl halides is 1. The minimum absolute atomic E-state index is 0.248. The quantitative estimate of drug-likeness (QED) is 0.435. The Morgan fingerprint density at radius 3 is 2.35 bits per heavy atom. The number of hydrogen-bond donors (Lipinski definition) is 1. The second-order valence-corrected chi connectivity index (χ2v) is 4.74. The molecule has 0 spiro atoms. The largest absolute Gasteiger partial charge is 0.385 e. The molecule has 4 heteroatoms. The molecule has 0 fully saturated rings. The number of nitrogens with one attached hydrogen (secondary N) is 1. The number of methoxy groups -OCH3 is 1. The van der Waals surface area contributed by atoms with Crippen molar-refractivity contribution in [2.24, 2.45) is 5.41 Å². The van der Waals surface area contributed by atoms with Gasteiger partial charge in [-0.25, -0.2) is 0 Å². The van der Waals surface area contributed by atoms with Gasteiger partial charge in [0.2, 0.25) is 0 Å². The standard InChI is InChI=1S/C13H28ClNO2/c1-4-13(5-2,11-14)12-15-7-10-17-9-6-8-16-3/h15H,4-12H2,1-3H3. The molecule has 3 nitrogen and oxygen atoms in total. The first kappa shape index (κ1) is 17.2. The maximum atomic E-state index is 6.04. The Morgan fingerprint density at radius 1 is 1.12 bits per heavy atom. The second-order valence-electron chi connectivity index (χ2n) is 4.48. The third-order valence-electron chi connectivity index (χ3n) is 3.34. The predicted octanol–water partition coefficient (Wildman–Crippen LogP) is 2.67. The van der Waals surface area contributed by atoms with Gasteiger partial charge >= 0.3 is 0 Å². The molecule has 0 aliphatic heterocycles. The highest BCUT2D eigenvalue weighted by atomic mass is 35.5. The van der Waals surface area contributed by atoms with Gasteiger partial charge in [-0.1, -0.05) is 13.8 Å². The molecular formula is C13H28ClNO2. The average Bonchev–Trinajstić information content (AvgIpc) is 2.38. The number of ether oxygens (including phenoxy) is 2. The van der Waals surface area contributed by atoms with Crippen LogP contribution in [0.3, 0.4) is 0 Å². The van der Waals surface area contributed by atoms with Gasteiger partial charge in [-0.05, 0) is 24.7 Å². The van der Waals surface area contributed by atoms with E-state index in [9.17, 15) is 0 Å². The molecular weight excluding hydrogens is 238 g/mol. The van der Waals surface area contributed by atoms with Crippen molar-refractivity contribution in [3.8, 4) is 0 Å². The predicted molar refractivity (Wildman–Crippen MR) is 73.9 cm³/mol. The molecule has 0 saturated heterocycles. The van der Waals surface area contributed by atoms with Gasteiger partial charge in [-0.15, -0.1) is 11.6 Å². The lowest BCUT2D eigenvalue weighted by atomic mass is 9.84. The molecule has 0 radical (unpaired) electrons. The zero-order chi connectivity index (χ0) is 13.0. The van der Waals surface area contributed by atoms with E-state index in [1.165, 1.54) is 0 Å². The minimum atomic E-state index is 0.248. The highest BCUT2D eigenvalue weighted by molar-refractivity contribution is 6.18. The molecule has 0 aromatic rings. The van der Waals surface area contributed by atoms with Crippen LogP contribution in [-0.4, -0.2) is 45.9 Å². The summed E-state index contributed by atoms with van der Waals surface area (Å²) in [5.41, 5.74) is 0.248. The maximum absolute atomic E-state index is 6.04. The SMILES string of the molecule is CCC(CC)(CCl)CNCCOCCCOC. The van der Waals surface area contributed by atoms with Gasteiger partial charge < -0.3 is 14.8 Å². The van der Waals surface area contributed by atoms with E-state index in [2.05, 4.69) is 19.2 Å². The van der Waals surface area contributed by atoms with Gasteiger partial charge in [0.1, 0.15) is 0 Å². The Balaban J connectivity index is 3.43. The Kier molecular flexibility index (Phi) is 11.4. The van der Waals surface area contributed by atoms with Gasteiger partial charge in [0.25, 0.3) is 0 Å². The lowest BCUT2D eigenvalue weighted by Crippen LogP contribution is -2.36. The van der Waals surface area contributed by atoms with Crippen LogP contribution in [0.4, 0.5) is 0 Å². The summed E-state index contributed by atoms with van der Waals surface area (Å²) in [5.74, 6) is 0.724. The van der Waals surface area contributed by atoms with Crippen molar-refractivity contribution < 1.29 is 9.47 Å². The summed E-state index contributed by atoms with van der Waals surface area (Å²) >= 11 is 6.04. The molecule has 0 aromatic heterocycles. The van der Waals surface area contributed by atoms with Crippen molar-refractivity contribution in [2.45, 2.75) is 33.1 Å². The maximum Gasteiger partial charge on any atom is 0.0590 e. The van der Waals surface area contributed by atoms with Crippen LogP contribution in [0.2, 0.25) is 0 Å². The highest BCUT2D eigenvalue weighted by Crippen LogP contribution is 2.26. The van der Waals surface area contributed by atoms with Crippen LogP contribution in [0.15, 0.2) is 0 Å². The molecule has 0 unspecified atom stereocenters. The van der Waals surface area contributed by atoms with Crippen LogP contribution in [0.5, 0.6) is 0 Å². The lowest BCUT2D eigenvalue weighted by molar-refractivity contribution is 0.102. The Bertz CT molecular complexity index is 155. The third-order valence-corrected chi connectivity index (χ3v) is 3.91. The van der Waals surface area contributed by atoms with E-state index < -0.39 is 0 Å². The van der Waals surface area contributed by atoms with Crippen molar-refractivity contribution >= 4 is 11.6 Å². The molecule has 0 saturated carbocycles. The van der Waals surface area contributed by atoms with Gasteiger partial charge in [-0.2, -0.15) is 0 Å². The summed E-state index contributed by atoms with van der Waals surface area (Å²) in [5, 5.41) is 3.43. The van der Waals surface area contributed by atoms with Crippen LogP contribution in [0.25, 0.3) is 0 Å². The lowest BCUT2D eigenvalue weighted by Gasteiger charge is -2.29. The second kappa shape index (κ2) is 11.3. The molecule has 17 heavy (non-hydrogen) atoms. The van der Waals surface area contributed by atoms with E-state index in [0.29, 0.717) is 0 Å². The summed E-state index contributed by atoms with van der Waals surface area (Å²) in [6.45, 7) is 8.59. The molecule has 0 atom stereocenters. The molecule has 0 amide bonds. The summed E-state index contributed by atoms with van der Waals surface area (Å²) in [6, 6.07) is 0. The summed E-state index contributed by atoms with van der Waals surface area (Å²) in [4.78, 5) is 0. The third kappa shape index (κ3) is 7.98. The number of hydrogen-bond acceptors (Lipinski definition) is 3. The van der Waals surface area contributed by atoms with Crippen LogP contribution < -0.4 is 5.32 Å².